The molecule has 5 heteroatoms. The SMILES string of the molecule is Cc1ccc(C(CNC(=O)Cc2ccccc2Cl)OCCO)cc1. The summed E-state index contributed by atoms with van der Waals surface area (Å²) in [5.74, 6) is -0.118. The molecule has 1 unspecified atom stereocenters. The molecule has 0 heterocycles. The fourth-order valence-electron chi connectivity index (χ4n) is 2.33. The zero-order chi connectivity index (χ0) is 17.4. The number of ether oxygens (including phenoxy) is 1. The first-order valence-electron chi connectivity index (χ1n) is 7.89. The van der Waals surface area contributed by atoms with Crippen LogP contribution in [0.25, 0.3) is 0 Å². The minimum absolute atomic E-state index is 0.0596. The van der Waals surface area contributed by atoms with Crippen molar-refractivity contribution in [2.75, 3.05) is 19.8 Å². The van der Waals surface area contributed by atoms with Crippen LogP contribution in [0.1, 0.15) is 22.8 Å². The lowest BCUT2D eigenvalue weighted by molar-refractivity contribution is -0.121. The van der Waals surface area contributed by atoms with Crippen LogP contribution >= 0.6 is 11.6 Å². The number of amides is 1. The lowest BCUT2D eigenvalue weighted by Gasteiger charge is -2.19. The summed E-state index contributed by atoms with van der Waals surface area (Å²) < 4.78 is 5.65. The molecule has 2 N–H and O–H groups in total. The molecule has 0 aliphatic carbocycles. The van der Waals surface area contributed by atoms with Gasteiger partial charge in [-0.25, -0.2) is 0 Å². The molecule has 0 saturated heterocycles. The Labute approximate surface area is 147 Å². The van der Waals surface area contributed by atoms with E-state index in [0.717, 1.165) is 16.7 Å². The zero-order valence-corrected chi connectivity index (χ0v) is 14.4. The second kappa shape index (κ2) is 9.42. The average Bonchev–Trinajstić information content (AvgIpc) is 2.58. The fourth-order valence-corrected chi connectivity index (χ4v) is 2.54. The fraction of sp³-hybridized carbons (Fsp3) is 0.316. The molecule has 2 rings (SSSR count). The summed E-state index contributed by atoms with van der Waals surface area (Å²) in [4.78, 5) is 12.2. The Hall–Kier alpha value is -1.88. The van der Waals surface area contributed by atoms with Gasteiger partial charge in [0.15, 0.2) is 0 Å². The minimum Gasteiger partial charge on any atom is -0.394 e. The number of carbonyl (C=O) groups is 1. The van der Waals surface area contributed by atoms with Crippen LogP contribution < -0.4 is 5.32 Å². The molecule has 0 aliphatic heterocycles. The number of aliphatic hydroxyl groups is 1. The lowest BCUT2D eigenvalue weighted by Crippen LogP contribution is -2.31. The monoisotopic (exact) mass is 347 g/mol. The van der Waals surface area contributed by atoms with E-state index in [1.54, 1.807) is 6.07 Å². The predicted octanol–water partition coefficient (Wildman–Crippen LogP) is 3.06. The summed E-state index contributed by atoms with van der Waals surface area (Å²) >= 11 is 6.08. The van der Waals surface area contributed by atoms with Gasteiger partial charge in [-0.15, -0.1) is 0 Å². The quantitative estimate of drug-likeness (QED) is 0.771. The van der Waals surface area contributed by atoms with E-state index in [1.807, 2.05) is 49.4 Å². The van der Waals surface area contributed by atoms with E-state index in [9.17, 15) is 4.79 Å². The van der Waals surface area contributed by atoms with Crippen molar-refractivity contribution < 1.29 is 14.6 Å². The summed E-state index contributed by atoms with van der Waals surface area (Å²) in [6.45, 7) is 2.51. The van der Waals surface area contributed by atoms with E-state index in [0.29, 0.717) is 11.6 Å². The normalized spacial score (nSPS) is 12.0. The number of aliphatic hydroxyl groups excluding tert-OH is 1. The van der Waals surface area contributed by atoms with Crippen molar-refractivity contribution in [3.8, 4) is 0 Å². The number of hydrogen-bond acceptors (Lipinski definition) is 3. The number of hydrogen-bond donors (Lipinski definition) is 2. The van der Waals surface area contributed by atoms with E-state index >= 15 is 0 Å². The number of aryl methyl sites for hydroxylation is 1. The smallest absolute Gasteiger partial charge is 0.224 e. The summed E-state index contributed by atoms with van der Waals surface area (Å²) in [7, 11) is 0. The first kappa shape index (κ1) is 18.5. The van der Waals surface area contributed by atoms with Gasteiger partial charge in [0.05, 0.1) is 25.7 Å². The Balaban J connectivity index is 1.95. The number of benzene rings is 2. The summed E-state index contributed by atoms with van der Waals surface area (Å²) in [5.41, 5.74) is 2.91. The van der Waals surface area contributed by atoms with Crippen molar-refractivity contribution in [2.45, 2.75) is 19.4 Å². The maximum absolute atomic E-state index is 12.2. The molecule has 0 fully saturated rings. The van der Waals surface area contributed by atoms with Gasteiger partial charge in [0.1, 0.15) is 0 Å². The predicted molar refractivity (Wildman–Crippen MR) is 95.1 cm³/mol. The lowest BCUT2D eigenvalue weighted by atomic mass is 10.1. The van der Waals surface area contributed by atoms with Crippen molar-refractivity contribution in [1.82, 2.24) is 5.32 Å². The summed E-state index contributed by atoms with van der Waals surface area (Å²) in [5, 5.41) is 12.4. The molecule has 0 aromatic heterocycles. The standard InChI is InChI=1S/C19H22ClNO3/c1-14-6-8-15(9-7-14)18(24-11-10-22)13-21-19(23)12-16-4-2-3-5-17(16)20/h2-9,18,22H,10-13H2,1H3,(H,21,23). The van der Waals surface area contributed by atoms with E-state index < -0.39 is 0 Å². The van der Waals surface area contributed by atoms with Gasteiger partial charge in [-0.05, 0) is 24.1 Å². The molecule has 2 aromatic carbocycles. The van der Waals surface area contributed by atoms with Crippen molar-refractivity contribution in [3.05, 3.63) is 70.2 Å². The Morgan fingerprint density at radius 1 is 1.21 bits per heavy atom. The van der Waals surface area contributed by atoms with Crippen LogP contribution in [0, 0.1) is 6.92 Å². The number of rotatable bonds is 8. The molecule has 1 amide bonds. The molecule has 0 saturated carbocycles. The molecule has 0 spiro atoms. The molecule has 2 aromatic rings. The van der Waals surface area contributed by atoms with E-state index in [1.165, 1.54) is 0 Å². The molecule has 0 aliphatic rings. The third-order valence-electron chi connectivity index (χ3n) is 3.65. The maximum Gasteiger partial charge on any atom is 0.224 e. The molecule has 0 radical (unpaired) electrons. The van der Waals surface area contributed by atoms with Crippen molar-refractivity contribution in [3.63, 3.8) is 0 Å². The second-order valence-electron chi connectivity index (χ2n) is 5.57. The Bertz CT molecular complexity index is 658. The molecule has 4 nitrogen and oxygen atoms in total. The molecule has 1 atom stereocenters. The highest BCUT2D eigenvalue weighted by Gasteiger charge is 2.14. The third kappa shape index (κ3) is 5.64. The van der Waals surface area contributed by atoms with Crippen LogP contribution in [-0.4, -0.2) is 30.8 Å². The number of carbonyl (C=O) groups excluding carboxylic acids is 1. The van der Waals surface area contributed by atoms with Gasteiger partial charge in [0.25, 0.3) is 0 Å². The molecule has 128 valence electrons. The van der Waals surface area contributed by atoms with E-state index in [4.69, 9.17) is 21.4 Å². The van der Waals surface area contributed by atoms with Gasteiger partial charge >= 0.3 is 0 Å². The largest absolute Gasteiger partial charge is 0.394 e. The Morgan fingerprint density at radius 2 is 1.92 bits per heavy atom. The summed E-state index contributed by atoms with van der Waals surface area (Å²) in [6.07, 6.45) is -0.0757. The average molecular weight is 348 g/mol. The maximum atomic E-state index is 12.2. The van der Waals surface area contributed by atoms with Gasteiger partial charge in [0.2, 0.25) is 5.91 Å². The Morgan fingerprint density at radius 3 is 2.58 bits per heavy atom. The topological polar surface area (TPSA) is 58.6 Å². The van der Waals surface area contributed by atoms with Crippen LogP contribution in [-0.2, 0) is 16.0 Å². The molecular weight excluding hydrogens is 326 g/mol. The first-order chi connectivity index (χ1) is 11.6. The van der Waals surface area contributed by atoms with Crippen LogP contribution in [0.15, 0.2) is 48.5 Å². The van der Waals surface area contributed by atoms with Gasteiger partial charge in [0, 0.05) is 11.6 Å². The number of halogens is 1. The summed E-state index contributed by atoms with van der Waals surface area (Å²) in [6, 6.07) is 15.2. The number of nitrogens with one attached hydrogen (secondary N) is 1. The zero-order valence-electron chi connectivity index (χ0n) is 13.7. The van der Waals surface area contributed by atoms with E-state index in [2.05, 4.69) is 5.32 Å². The highest BCUT2D eigenvalue weighted by molar-refractivity contribution is 6.31. The second-order valence-corrected chi connectivity index (χ2v) is 5.97. The van der Waals surface area contributed by atoms with Gasteiger partial charge in [-0.2, -0.15) is 0 Å². The highest BCUT2D eigenvalue weighted by atomic mass is 35.5. The molecule has 24 heavy (non-hydrogen) atoms. The van der Waals surface area contributed by atoms with Crippen LogP contribution in [0.3, 0.4) is 0 Å². The van der Waals surface area contributed by atoms with Crippen LogP contribution in [0.2, 0.25) is 5.02 Å². The van der Waals surface area contributed by atoms with Crippen molar-refractivity contribution >= 4 is 17.5 Å². The third-order valence-corrected chi connectivity index (χ3v) is 4.02. The molecule has 0 bridgehead atoms. The van der Waals surface area contributed by atoms with Crippen molar-refractivity contribution in [2.24, 2.45) is 0 Å². The van der Waals surface area contributed by atoms with Crippen LogP contribution in [0.4, 0.5) is 0 Å². The Kier molecular flexibility index (Phi) is 7.25. The molecular formula is C19H22ClNO3. The minimum atomic E-state index is -0.298. The van der Waals surface area contributed by atoms with Gasteiger partial charge < -0.3 is 15.2 Å². The first-order valence-corrected chi connectivity index (χ1v) is 8.27. The van der Waals surface area contributed by atoms with Gasteiger partial charge in [-0.3, -0.25) is 4.79 Å². The van der Waals surface area contributed by atoms with E-state index in [-0.39, 0.29) is 31.6 Å². The van der Waals surface area contributed by atoms with Crippen LogP contribution in [0.5, 0.6) is 0 Å². The van der Waals surface area contributed by atoms with Gasteiger partial charge in [-0.1, -0.05) is 59.6 Å². The highest BCUT2D eigenvalue weighted by Crippen LogP contribution is 2.18. The van der Waals surface area contributed by atoms with Crippen molar-refractivity contribution in [1.29, 1.82) is 0 Å².